The fraction of sp³-hybridized carbons (Fsp3) is 0.250. The van der Waals surface area contributed by atoms with Crippen LogP contribution in [0.2, 0.25) is 10.0 Å². The van der Waals surface area contributed by atoms with Gasteiger partial charge >= 0.3 is 0 Å². The molecule has 1 nitrogen and oxygen atoms in total. The lowest BCUT2D eigenvalue weighted by Crippen LogP contribution is -1.92. The maximum atomic E-state index is 12.8. The summed E-state index contributed by atoms with van der Waals surface area (Å²) in [7, 11) is 0. The van der Waals surface area contributed by atoms with E-state index in [1.54, 1.807) is 0 Å². The maximum absolute atomic E-state index is 12.8. The van der Waals surface area contributed by atoms with Crippen molar-refractivity contribution in [2.45, 2.75) is 6.92 Å². The molecule has 0 radical (unpaired) electrons. The third-order valence-electron chi connectivity index (χ3n) is 1.27. The van der Waals surface area contributed by atoms with E-state index in [1.807, 2.05) is 6.92 Å². The smallest absolute Gasteiger partial charge is 0.160 e. The molecule has 12 heavy (non-hydrogen) atoms. The minimum Gasteiger partial charge on any atom is -0.494 e. The molecule has 0 aliphatic heterocycles. The standard InChI is InChI=1S/C8H7Cl2FO/c1-2-12-5-3-6(9)8(11)7(10)4-5/h3-4H,2H2,1H3. The van der Waals surface area contributed by atoms with Crippen LogP contribution in [-0.2, 0) is 0 Å². The maximum Gasteiger partial charge on any atom is 0.160 e. The lowest BCUT2D eigenvalue weighted by atomic mass is 10.3. The van der Waals surface area contributed by atoms with Crippen LogP contribution in [0.15, 0.2) is 12.1 Å². The number of ether oxygens (including phenoxy) is 1. The second kappa shape index (κ2) is 3.97. The zero-order valence-corrected chi connectivity index (χ0v) is 7.92. The molecule has 0 aromatic heterocycles. The highest BCUT2D eigenvalue weighted by Crippen LogP contribution is 2.28. The van der Waals surface area contributed by atoms with Crippen LogP contribution in [-0.4, -0.2) is 6.61 Å². The van der Waals surface area contributed by atoms with Gasteiger partial charge in [0.05, 0.1) is 16.7 Å². The first-order valence-electron chi connectivity index (χ1n) is 3.42. The number of halogens is 3. The van der Waals surface area contributed by atoms with E-state index in [2.05, 4.69) is 0 Å². The molecule has 66 valence electrons. The average Bonchev–Trinajstić information content (AvgIpc) is 2.01. The molecule has 0 spiro atoms. The molecule has 1 rings (SSSR count). The highest BCUT2D eigenvalue weighted by atomic mass is 35.5. The van der Waals surface area contributed by atoms with Crippen LogP contribution >= 0.6 is 23.2 Å². The summed E-state index contributed by atoms with van der Waals surface area (Å²) in [5, 5.41) is -0.0445. The summed E-state index contributed by atoms with van der Waals surface area (Å²) in [6.45, 7) is 2.32. The van der Waals surface area contributed by atoms with Crippen LogP contribution in [0.1, 0.15) is 6.92 Å². The van der Waals surface area contributed by atoms with Gasteiger partial charge in [-0.3, -0.25) is 0 Å². The summed E-state index contributed by atoms with van der Waals surface area (Å²) in [5.74, 6) is -0.129. The van der Waals surface area contributed by atoms with E-state index in [0.717, 1.165) is 0 Å². The average molecular weight is 209 g/mol. The van der Waals surface area contributed by atoms with E-state index < -0.39 is 5.82 Å². The second-order valence-corrected chi connectivity index (χ2v) is 2.95. The normalized spacial score (nSPS) is 10.0. The Bertz CT molecular complexity index is 265. The molecule has 0 aliphatic carbocycles. The van der Waals surface area contributed by atoms with Crippen molar-refractivity contribution in [2.75, 3.05) is 6.61 Å². The molecule has 0 saturated heterocycles. The van der Waals surface area contributed by atoms with Gasteiger partial charge in [-0.05, 0) is 6.92 Å². The Morgan fingerprint density at radius 1 is 1.33 bits per heavy atom. The predicted octanol–water partition coefficient (Wildman–Crippen LogP) is 3.53. The topological polar surface area (TPSA) is 9.23 Å². The molecule has 0 unspecified atom stereocenters. The van der Waals surface area contributed by atoms with Crippen molar-refractivity contribution < 1.29 is 9.13 Å². The monoisotopic (exact) mass is 208 g/mol. The SMILES string of the molecule is CCOc1cc(Cl)c(F)c(Cl)c1. The molecule has 0 amide bonds. The first-order chi connectivity index (χ1) is 5.65. The third-order valence-corrected chi connectivity index (χ3v) is 1.82. The number of benzene rings is 1. The van der Waals surface area contributed by atoms with Gasteiger partial charge < -0.3 is 4.74 Å². The molecule has 0 N–H and O–H groups in total. The molecule has 0 fully saturated rings. The number of rotatable bonds is 2. The van der Waals surface area contributed by atoms with Gasteiger partial charge in [-0.2, -0.15) is 0 Å². The van der Waals surface area contributed by atoms with E-state index in [-0.39, 0.29) is 10.0 Å². The summed E-state index contributed by atoms with van der Waals surface area (Å²) in [4.78, 5) is 0. The van der Waals surface area contributed by atoms with E-state index in [1.165, 1.54) is 12.1 Å². The van der Waals surface area contributed by atoms with Crippen molar-refractivity contribution in [3.63, 3.8) is 0 Å². The van der Waals surface area contributed by atoms with Crippen molar-refractivity contribution >= 4 is 23.2 Å². The lowest BCUT2D eigenvalue weighted by molar-refractivity contribution is 0.339. The van der Waals surface area contributed by atoms with Gasteiger partial charge in [0.25, 0.3) is 0 Å². The summed E-state index contributed by atoms with van der Waals surface area (Å²) in [6, 6.07) is 2.79. The first-order valence-corrected chi connectivity index (χ1v) is 4.18. The highest BCUT2D eigenvalue weighted by molar-refractivity contribution is 6.35. The van der Waals surface area contributed by atoms with E-state index in [4.69, 9.17) is 27.9 Å². The van der Waals surface area contributed by atoms with Crippen LogP contribution in [0.5, 0.6) is 5.75 Å². The van der Waals surface area contributed by atoms with Crippen LogP contribution in [0.25, 0.3) is 0 Å². The molecular weight excluding hydrogens is 202 g/mol. The molecule has 0 bridgehead atoms. The highest BCUT2D eigenvalue weighted by Gasteiger charge is 2.07. The molecular formula is C8H7Cl2FO. The minimum absolute atomic E-state index is 0.0223. The van der Waals surface area contributed by atoms with Gasteiger partial charge in [-0.1, -0.05) is 23.2 Å². The van der Waals surface area contributed by atoms with Crippen molar-refractivity contribution in [2.24, 2.45) is 0 Å². The van der Waals surface area contributed by atoms with E-state index >= 15 is 0 Å². The summed E-state index contributed by atoms with van der Waals surface area (Å²) >= 11 is 11.0. The molecule has 0 heterocycles. The van der Waals surface area contributed by atoms with Crippen LogP contribution in [0.4, 0.5) is 4.39 Å². The Kier molecular flexibility index (Phi) is 3.18. The Labute approximate surface area is 80.0 Å². The van der Waals surface area contributed by atoms with E-state index in [9.17, 15) is 4.39 Å². The van der Waals surface area contributed by atoms with Gasteiger partial charge in [0.2, 0.25) is 0 Å². The first kappa shape index (κ1) is 9.62. The molecule has 0 aliphatic rings. The summed E-state index contributed by atoms with van der Waals surface area (Å²) in [5.41, 5.74) is 0. The van der Waals surface area contributed by atoms with Crippen molar-refractivity contribution in [1.82, 2.24) is 0 Å². The van der Waals surface area contributed by atoms with Crippen LogP contribution < -0.4 is 4.74 Å². The van der Waals surface area contributed by atoms with Gasteiger partial charge in [-0.25, -0.2) is 4.39 Å². The Balaban J connectivity index is 3.04. The Morgan fingerprint density at radius 2 is 1.83 bits per heavy atom. The Hall–Kier alpha value is -0.470. The van der Waals surface area contributed by atoms with Crippen molar-refractivity contribution in [3.8, 4) is 5.75 Å². The summed E-state index contributed by atoms with van der Waals surface area (Å²) < 4.78 is 17.9. The zero-order chi connectivity index (χ0) is 9.14. The molecule has 0 saturated carbocycles. The fourth-order valence-electron chi connectivity index (χ4n) is 0.782. The number of hydrogen-bond donors (Lipinski definition) is 0. The lowest BCUT2D eigenvalue weighted by Gasteiger charge is -2.04. The van der Waals surface area contributed by atoms with Gasteiger partial charge in [0.15, 0.2) is 5.82 Å². The number of hydrogen-bond acceptors (Lipinski definition) is 1. The van der Waals surface area contributed by atoms with Gasteiger partial charge in [0, 0.05) is 12.1 Å². The quantitative estimate of drug-likeness (QED) is 0.677. The zero-order valence-electron chi connectivity index (χ0n) is 6.40. The Morgan fingerprint density at radius 3 is 2.25 bits per heavy atom. The minimum atomic E-state index is -0.609. The summed E-state index contributed by atoms with van der Waals surface area (Å²) in [6.07, 6.45) is 0. The molecule has 4 heteroatoms. The molecule has 1 aromatic rings. The van der Waals surface area contributed by atoms with Crippen LogP contribution in [0.3, 0.4) is 0 Å². The van der Waals surface area contributed by atoms with Gasteiger partial charge in [0.1, 0.15) is 5.75 Å². The largest absolute Gasteiger partial charge is 0.494 e. The third kappa shape index (κ3) is 2.02. The molecule has 0 atom stereocenters. The van der Waals surface area contributed by atoms with E-state index in [0.29, 0.717) is 12.4 Å². The second-order valence-electron chi connectivity index (χ2n) is 2.13. The molecule has 1 aromatic carbocycles. The predicted molar refractivity (Wildman–Crippen MR) is 47.6 cm³/mol. The fourth-order valence-corrected chi connectivity index (χ4v) is 1.25. The van der Waals surface area contributed by atoms with Crippen molar-refractivity contribution in [1.29, 1.82) is 0 Å². The van der Waals surface area contributed by atoms with Gasteiger partial charge in [-0.15, -0.1) is 0 Å². The van der Waals surface area contributed by atoms with Crippen LogP contribution in [0, 0.1) is 5.82 Å². The van der Waals surface area contributed by atoms with Crippen molar-refractivity contribution in [3.05, 3.63) is 28.0 Å².